The molecule has 0 bridgehead atoms. The number of hydrogen-bond acceptors (Lipinski definition) is 2. The molecule has 0 aromatic heterocycles. The highest BCUT2D eigenvalue weighted by Crippen LogP contribution is 2.17. The number of anilines is 1. The fourth-order valence-corrected chi connectivity index (χ4v) is 1.55. The number of carbonyl (C=O) groups is 1. The fourth-order valence-electron chi connectivity index (χ4n) is 1.55. The van der Waals surface area contributed by atoms with Gasteiger partial charge in [0.2, 0.25) is 0 Å². The van der Waals surface area contributed by atoms with Gasteiger partial charge in [0.05, 0.1) is 22.9 Å². The van der Waals surface area contributed by atoms with Gasteiger partial charge >= 0.3 is 0 Å². The first-order valence-electron chi connectivity index (χ1n) is 5.47. The van der Waals surface area contributed by atoms with E-state index in [4.69, 9.17) is 5.26 Å². The van der Waals surface area contributed by atoms with Gasteiger partial charge in [0.25, 0.3) is 5.91 Å². The Hall–Kier alpha value is -2.81. The first-order valence-corrected chi connectivity index (χ1v) is 5.47. The molecule has 0 aliphatic rings. The largest absolute Gasteiger partial charge is 0.319 e. The molecule has 0 atom stereocenters. The highest BCUT2D eigenvalue weighted by atomic mass is 19.1. The van der Waals surface area contributed by atoms with Crippen molar-refractivity contribution in [1.82, 2.24) is 0 Å². The van der Waals surface area contributed by atoms with E-state index < -0.39 is 23.4 Å². The average Bonchev–Trinajstić information content (AvgIpc) is 2.41. The number of nitriles is 1. The van der Waals surface area contributed by atoms with Crippen LogP contribution in [-0.4, -0.2) is 5.91 Å². The quantitative estimate of drug-likeness (QED) is 0.915. The van der Waals surface area contributed by atoms with Crippen LogP contribution in [0.15, 0.2) is 36.4 Å². The number of hydrogen-bond donors (Lipinski definition) is 1. The van der Waals surface area contributed by atoms with E-state index >= 15 is 0 Å². The lowest BCUT2D eigenvalue weighted by molar-refractivity contribution is 0.102. The first-order chi connectivity index (χ1) is 9.51. The molecule has 0 saturated carbocycles. The minimum atomic E-state index is -0.965. The molecule has 6 heteroatoms. The van der Waals surface area contributed by atoms with Gasteiger partial charge in [-0.3, -0.25) is 4.79 Å². The van der Waals surface area contributed by atoms with Crippen LogP contribution in [0.3, 0.4) is 0 Å². The molecule has 0 spiro atoms. The molecular weight excluding hydrogens is 269 g/mol. The monoisotopic (exact) mass is 276 g/mol. The van der Waals surface area contributed by atoms with Crippen molar-refractivity contribution in [2.45, 2.75) is 0 Å². The molecule has 0 heterocycles. The Morgan fingerprint density at radius 3 is 2.40 bits per heavy atom. The number of carbonyl (C=O) groups excluding carboxylic acids is 1. The van der Waals surface area contributed by atoms with Crippen LogP contribution in [0.4, 0.5) is 18.9 Å². The number of nitrogens with one attached hydrogen (secondary N) is 1. The summed E-state index contributed by atoms with van der Waals surface area (Å²) in [5.74, 6) is -3.54. The molecule has 0 radical (unpaired) electrons. The molecule has 1 amide bonds. The molecule has 0 unspecified atom stereocenters. The van der Waals surface area contributed by atoms with Crippen molar-refractivity contribution in [2.75, 3.05) is 5.32 Å². The van der Waals surface area contributed by atoms with Crippen LogP contribution >= 0.6 is 0 Å². The standard InChI is InChI=1S/C14H7F3N2O/c15-9-2-4-13(12(17)6-9)19-14(20)10-3-1-8(7-18)5-11(10)16/h1-6H,(H,19,20). The maximum absolute atomic E-state index is 13.6. The van der Waals surface area contributed by atoms with Crippen molar-refractivity contribution in [3.05, 3.63) is 65.0 Å². The Bertz CT molecular complexity index is 723. The third kappa shape index (κ3) is 2.78. The van der Waals surface area contributed by atoms with Crippen molar-refractivity contribution in [2.24, 2.45) is 0 Å². The highest BCUT2D eigenvalue weighted by molar-refractivity contribution is 6.04. The van der Waals surface area contributed by atoms with E-state index in [9.17, 15) is 18.0 Å². The van der Waals surface area contributed by atoms with Gasteiger partial charge in [-0.25, -0.2) is 13.2 Å². The molecule has 20 heavy (non-hydrogen) atoms. The fraction of sp³-hybridized carbons (Fsp3) is 0. The predicted octanol–water partition coefficient (Wildman–Crippen LogP) is 3.23. The third-order valence-electron chi connectivity index (χ3n) is 2.52. The maximum Gasteiger partial charge on any atom is 0.258 e. The molecule has 0 aliphatic carbocycles. The SMILES string of the molecule is N#Cc1ccc(C(=O)Nc2ccc(F)cc2F)c(F)c1. The topological polar surface area (TPSA) is 52.9 Å². The molecule has 3 nitrogen and oxygen atoms in total. The first kappa shape index (κ1) is 13.6. The Kier molecular flexibility index (Phi) is 3.71. The van der Waals surface area contributed by atoms with Gasteiger partial charge in [-0.1, -0.05) is 0 Å². The summed E-state index contributed by atoms with van der Waals surface area (Å²) in [5.41, 5.74) is -0.542. The second-order valence-corrected chi connectivity index (χ2v) is 3.88. The van der Waals surface area contributed by atoms with Crippen LogP contribution in [0.5, 0.6) is 0 Å². The van der Waals surface area contributed by atoms with Crippen molar-refractivity contribution in [1.29, 1.82) is 5.26 Å². The molecule has 2 aromatic carbocycles. The number of benzene rings is 2. The van der Waals surface area contributed by atoms with Crippen LogP contribution in [0, 0.1) is 28.8 Å². The smallest absolute Gasteiger partial charge is 0.258 e. The summed E-state index contributed by atoms with van der Waals surface area (Å²) in [6.45, 7) is 0. The molecule has 2 rings (SSSR count). The minimum absolute atomic E-state index is 0.0620. The van der Waals surface area contributed by atoms with Crippen LogP contribution < -0.4 is 5.32 Å². The zero-order chi connectivity index (χ0) is 14.7. The Balaban J connectivity index is 2.26. The highest BCUT2D eigenvalue weighted by Gasteiger charge is 2.14. The van der Waals surface area contributed by atoms with Crippen LogP contribution in [0.25, 0.3) is 0 Å². The van der Waals surface area contributed by atoms with Crippen molar-refractivity contribution in [3.8, 4) is 6.07 Å². The Morgan fingerprint density at radius 1 is 1.05 bits per heavy atom. The lowest BCUT2D eigenvalue weighted by atomic mass is 10.1. The summed E-state index contributed by atoms with van der Waals surface area (Å²) in [6, 6.07) is 7.60. The number of nitrogens with zero attached hydrogens (tertiary/aromatic N) is 1. The van der Waals surface area contributed by atoms with Gasteiger partial charge in [0.1, 0.15) is 17.5 Å². The van der Waals surface area contributed by atoms with E-state index in [1.165, 1.54) is 6.07 Å². The minimum Gasteiger partial charge on any atom is -0.319 e. The molecule has 2 aromatic rings. The van der Waals surface area contributed by atoms with Gasteiger partial charge in [0.15, 0.2) is 0 Å². The zero-order valence-electron chi connectivity index (χ0n) is 9.95. The van der Waals surface area contributed by atoms with E-state index in [1.54, 1.807) is 6.07 Å². The van der Waals surface area contributed by atoms with E-state index in [0.717, 1.165) is 24.3 Å². The Labute approximate surface area is 112 Å². The van der Waals surface area contributed by atoms with Gasteiger partial charge in [-0.2, -0.15) is 5.26 Å². The van der Waals surface area contributed by atoms with Crippen molar-refractivity contribution < 1.29 is 18.0 Å². The molecule has 0 saturated heterocycles. The molecule has 1 N–H and O–H groups in total. The summed E-state index contributed by atoms with van der Waals surface area (Å²) in [7, 11) is 0. The Morgan fingerprint density at radius 2 is 1.80 bits per heavy atom. The summed E-state index contributed by atoms with van der Waals surface area (Å²) in [4.78, 5) is 11.8. The third-order valence-corrected chi connectivity index (χ3v) is 2.52. The van der Waals surface area contributed by atoms with Crippen molar-refractivity contribution in [3.63, 3.8) is 0 Å². The lowest BCUT2D eigenvalue weighted by Crippen LogP contribution is -2.15. The van der Waals surface area contributed by atoms with E-state index in [0.29, 0.717) is 6.07 Å². The molecule has 0 fully saturated rings. The summed E-state index contributed by atoms with van der Waals surface area (Å²) < 4.78 is 39.7. The van der Waals surface area contributed by atoms with Gasteiger partial charge in [0, 0.05) is 6.07 Å². The number of halogens is 3. The number of amides is 1. The second kappa shape index (κ2) is 5.45. The van der Waals surface area contributed by atoms with Gasteiger partial charge in [-0.15, -0.1) is 0 Å². The van der Waals surface area contributed by atoms with Crippen molar-refractivity contribution >= 4 is 11.6 Å². The maximum atomic E-state index is 13.6. The lowest BCUT2D eigenvalue weighted by Gasteiger charge is -2.07. The molecule has 0 aliphatic heterocycles. The van der Waals surface area contributed by atoms with Crippen LogP contribution in [0.2, 0.25) is 0 Å². The van der Waals surface area contributed by atoms with Gasteiger partial charge in [-0.05, 0) is 30.3 Å². The average molecular weight is 276 g/mol. The van der Waals surface area contributed by atoms with Crippen LogP contribution in [-0.2, 0) is 0 Å². The summed E-state index contributed by atoms with van der Waals surface area (Å²) in [5, 5.41) is 10.7. The normalized spacial score (nSPS) is 9.90. The predicted molar refractivity (Wildman–Crippen MR) is 65.4 cm³/mol. The molecule has 100 valence electrons. The van der Waals surface area contributed by atoms with Gasteiger partial charge < -0.3 is 5.32 Å². The number of rotatable bonds is 2. The second-order valence-electron chi connectivity index (χ2n) is 3.88. The van der Waals surface area contributed by atoms with E-state index in [2.05, 4.69) is 5.32 Å². The summed E-state index contributed by atoms with van der Waals surface area (Å²) >= 11 is 0. The summed E-state index contributed by atoms with van der Waals surface area (Å²) in [6.07, 6.45) is 0. The molecular formula is C14H7F3N2O. The zero-order valence-corrected chi connectivity index (χ0v) is 9.95. The van der Waals surface area contributed by atoms with E-state index in [1.807, 2.05) is 0 Å². The van der Waals surface area contributed by atoms with Crippen LogP contribution in [0.1, 0.15) is 15.9 Å². The van der Waals surface area contributed by atoms with E-state index in [-0.39, 0.29) is 16.8 Å².